The molecule has 0 saturated heterocycles. The second-order valence-electron chi connectivity index (χ2n) is 5.82. The normalized spacial score (nSPS) is 10.5. The van der Waals surface area contributed by atoms with Crippen molar-refractivity contribution in [2.75, 3.05) is 0 Å². The third-order valence-corrected chi connectivity index (χ3v) is 5.40. The maximum Gasteiger partial charge on any atom is 0.193 e. The second kappa shape index (κ2) is 8.56. The number of rotatable bonds is 6. The molecular weight excluding hydrogens is 456 g/mol. The van der Waals surface area contributed by atoms with Crippen molar-refractivity contribution in [2.24, 2.45) is 0 Å². The van der Waals surface area contributed by atoms with Crippen molar-refractivity contribution in [1.29, 1.82) is 0 Å². The molecule has 3 aromatic rings. The molecule has 3 rings (SSSR count). The fraction of sp³-hybridized carbons (Fsp3) is 0.0909. The first-order chi connectivity index (χ1) is 12.7. The van der Waals surface area contributed by atoms with Gasteiger partial charge in [-0.15, -0.1) is 0 Å². The van der Waals surface area contributed by atoms with E-state index in [-0.39, 0.29) is 11.6 Å². The van der Waals surface area contributed by atoms with Crippen molar-refractivity contribution in [1.82, 2.24) is 0 Å². The van der Waals surface area contributed by atoms with E-state index in [1.165, 1.54) is 0 Å². The molecule has 26 heavy (non-hydrogen) atoms. The lowest BCUT2D eigenvalue weighted by Gasteiger charge is -2.14. The van der Waals surface area contributed by atoms with E-state index >= 15 is 0 Å². The zero-order chi connectivity index (χ0) is 18.5. The van der Waals surface area contributed by atoms with Crippen LogP contribution >= 0.6 is 31.9 Å². The van der Waals surface area contributed by atoms with Gasteiger partial charge in [0.05, 0.1) is 0 Å². The van der Waals surface area contributed by atoms with Crippen LogP contribution < -0.4 is 0 Å². The molecule has 0 aliphatic carbocycles. The molecule has 2 nitrogen and oxygen atoms in total. The summed E-state index contributed by atoms with van der Waals surface area (Å²) in [6, 6.07) is 21.8. The Balaban J connectivity index is 2.18. The Hall–Kier alpha value is -2.04. The summed E-state index contributed by atoms with van der Waals surface area (Å²) < 4.78 is 0. The van der Waals surface area contributed by atoms with Crippen molar-refractivity contribution < 1.29 is 9.59 Å². The van der Waals surface area contributed by atoms with Gasteiger partial charge in [-0.05, 0) is 23.3 Å². The molecule has 0 aromatic heterocycles. The Kier molecular flexibility index (Phi) is 6.17. The zero-order valence-electron chi connectivity index (χ0n) is 13.9. The van der Waals surface area contributed by atoms with Gasteiger partial charge in [0.1, 0.15) is 0 Å². The van der Waals surface area contributed by atoms with E-state index in [1.54, 1.807) is 24.3 Å². The molecule has 0 bridgehead atoms. The van der Waals surface area contributed by atoms with E-state index in [0.29, 0.717) is 32.9 Å². The van der Waals surface area contributed by atoms with E-state index in [2.05, 4.69) is 31.9 Å². The van der Waals surface area contributed by atoms with Crippen LogP contribution in [0.3, 0.4) is 0 Å². The van der Waals surface area contributed by atoms with Crippen LogP contribution in [0.15, 0.2) is 72.8 Å². The number of hydrogen-bond donors (Lipinski definition) is 0. The van der Waals surface area contributed by atoms with Gasteiger partial charge in [0.15, 0.2) is 11.6 Å². The third kappa shape index (κ3) is 3.87. The highest BCUT2D eigenvalue weighted by Gasteiger charge is 2.21. The summed E-state index contributed by atoms with van der Waals surface area (Å²) in [5, 5.41) is 1.23. The van der Waals surface area contributed by atoms with Gasteiger partial charge in [-0.3, -0.25) is 9.59 Å². The summed E-state index contributed by atoms with van der Waals surface area (Å²) in [4.78, 5) is 26.2. The largest absolute Gasteiger partial charge is 0.289 e. The van der Waals surface area contributed by atoms with Crippen LogP contribution in [0.5, 0.6) is 0 Å². The first kappa shape index (κ1) is 18.7. The van der Waals surface area contributed by atoms with Crippen molar-refractivity contribution in [3.05, 3.63) is 106 Å². The molecule has 3 aromatic carbocycles. The van der Waals surface area contributed by atoms with Gasteiger partial charge in [-0.25, -0.2) is 0 Å². The van der Waals surface area contributed by atoms with Crippen LogP contribution in [-0.2, 0) is 10.7 Å². The lowest BCUT2D eigenvalue weighted by atomic mass is 9.90. The molecule has 130 valence electrons. The fourth-order valence-corrected chi connectivity index (χ4v) is 3.85. The van der Waals surface area contributed by atoms with Gasteiger partial charge in [0, 0.05) is 32.9 Å². The van der Waals surface area contributed by atoms with Crippen molar-refractivity contribution in [3.63, 3.8) is 0 Å². The monoisotopic (exact) mass is 470 g/mol. The minimum absolute atomic E-state index is 0.145. The predicted octanol–water partition coefficient (Wildman–Crippen LogP) is 5.94. The zero-order valence-corrected chi connectivity index (χ0v) is 17.1. The first-order valence-electron chi connectivity index (χ1n) is 8.13. The molecular formula is C22H16Br2O2. The molecule has 0 spiro atoms. The number of ketones is 2. The van der Waals surface area contributed by atoms with Gasteiger partial charge in [0.25, 0.3) is 0 Å². The predicted molar refractivity (Wildman–Crippen MR) is 111 cm³/mol. The minimum Gasteiger partial charge on any atom is -0.289 e. The Morgan fingerprint density at radius 2 is 0.962 bits per heavy atom. The smallest absolute Gasteiger partial charge is 0.193 e. The number of hydrogen-bond acceptors (Lipinski definition) is 2. The van der Waals surface area contributed by atoms with Gasteiger partial charge in [0.2, 0.25) is 0 Å². The van der Waals surface area contributed by atoms with Crippen molar-refractivity contribution in [3.8, 4) is 0 Å². The molecule has 4 heteroatoms. The van der Waals surface area contributed by atoms with Gasteiger partial charge >= 0.3 is 0 Å². The summed E-state index contributed by atoms with van der Waals surface area (Å²) in [5.41, 5.74) is 3.99. The van der Waals surface area contributed by atoms with Crippen LogP contribution in [0.1, 0.15) is 43.0 Å². The van der Waals surface area contributed by atoms with Crippen LogP contribution in [-0.4, -0.2) is 11.6 Å². The Bertz CT molecular complexity index is 857. The molecule has 0 unspecified atom stereocenters. The molecule has 0 aliphatic heterocycles. The molecule has 0 amide bonds. The van der Waals surface area contributed by atoms with Crippen LogP contribution in [0, 0.1) is 0 Å². The molecule has 0 aliphatic rings. The Morgan fingerprint density at radius 1 is 0.615 bits per heavy atom. The quantitative estimate of drug-likeness (QED) is 0.329. The number of benzene rings is 3. The Labute approximate surface area is 169 Å². The summed E-state index contributed by atoms with van der Waals surface area (Å²) in [6.45, 7) is 0. The molecule has 0 radical (unpaired) electrons. The highest BCUT2D eigenvalue weighted by molar-refractivity contribution is 9.09. The highest BCUT2D eigenvalue weighted by atomic mass is 79.9. The SMILES string of the molecule is O=C(c1ccccc1)c1cc(CBr)c(CBr)cc1C(=O)c1ccccc1. The summed E-state index contributed by atoms with van der Waals surface area (Å²) in [5.74, 6) is -0.290. The topological polar surface area (TPSA) is 34.1 Å². The number of alkyl halides is 2. The lowest BCUT2D eigenvalue weighted by Crippen LogP contribution is -2.13. The molecule has 0 heterocycles. The van der Waals surface area contributed by atoms with Gasteiger partial charge < -0.3 is 0 Å². The van der Waals surface area contributed by atoms with Crippen LogP contribution in [0.25, 0.3) is 0 Å². The maximum absolute atomic E-state index is 13.1. The number of halogens is 2. The van der Waals surface area contributed by atoms with Crippen LogP contribution in [0.4, 0.5) is 0 Å². The third-order valence-electron chi connectivity index (χ3n) is 4.19. The minimum atomic E-state index is -0.145. The lowest BCUT2D eigenvalue weighted by molar-refractivity contribution is 0.100. The molecule has 0 N–H and O–H groups in total. The van der Waals surface area contributed by atoms with E-state index < -0.39 is 0 Å². The van der Waals surface area contributed by atoms with Gasteiger partial charge in [-0.1, -0.05) is 92.5 Å². The standard InChI is InChI=1S/C22H16Br2O2/c23-13-17-11-19(21(25)15-7-3-1-4-8-15)20(12-18(17)14-24)22(26)16-9-5-2-6-10-16/h1-12H,13-14H2. The number of carbonyl (C=O) groups excluding carboxylic acids is 2. The van der Waals surface area contributed by atoms with Crippen molar-refractivity contribution in [2.45, 2.75) is 10.7 Å². The summed E-state index contributed by atoms with van der Waals surface area (Å²) in [7, 11) is 0. The average Bonchev–Trinajstić information content (AvgIpc) is 2.73. The summed E-state index contributed by atoms with van der Waals surface area (Å²) >= 11 is 6.96. The molecule has 0 fully saturated rings. The average molecular weight is 472 g/mol. The molecule has 0 saturated carbocycles. The summed E-state index contributed by atoms with van der Waals surface area (Å²) in [6.07, 6.45) is 0. The maximum atomic E-state index is 13.1. The van der Waals surface area contributed by atoms with E-state index in [4.69, 9.17) is 0 Å². The van der Waals surface area contributed by atoms with Crippen LogP contribution in [0.2, 0.25) is 0 Å². The molecule has 0 atom stereocenters. The highest BCUT2D eigenvalue weighted by Crippen LogP contribution is 2.26. The van der Waals surface area contributed by atoms with E-state index in [0.717, 1.165) is 11.1 Å². The number of carbonyl (C=O) groups is 2. The van der Waals surface area contributed by atoms with Gasteiger partial charge in [-0.2, -0.15) is 0 Å². The fourth-order valence-electron chi connectivity index (χ4n) is 2.80. The second-order valence-corrected chi connectivity index (χ2v) is 6.95. The first-order valence-corrected chi connectivity index (χ1v) is 10.4. The van der Waals surface area contributed by atoms with E-state index in [1.807, 2.05) is 48.5 Å². The van der Waals surface area contributed by atoms with E-state index in [9.17, 15) is 9.59 Å². The van der Waals surface area contributed by atoms with Crippen molar-refractivity contribution >= 4 is 43.4 Å². The Morgan fingerprint density at radius 3 is 1.27 bits per heavy atom.